The van der Waals surface area contributed by atoms with Crippen molar-refractivity contribution < 1.29 is 23.9 Å². The Kier molecular flexibility index (Phi) is 6.43. The number of rotatable bonds is 5. The molecule has 7 atom stereocenters. The molecule has 182 valence electrons. The fourth-order valence-corrected chi connectivity index (χ4v) is 8.51. The summed E-state index contributed by atoms with van der Waals surface area (Å²) in [7, 11) is 0. The van der Waals surface area contributed by atoms with Gasteiger partial charge in [0.15, 0.2) is 12.4 Å². The SMILES string of the molecule is CC[C@H]1C[C@H]2[C@@H]3CCC4=CC(=O)CC[C@@H]4[C@H]3CC[C@]2(C)[C@H]1OC(=O)COC(=O)C1CCCC1. The molecule has 0 N–H and O–H groups in total. The molecule has 5 rings (SSSR count). The zero-order valence-corrected chi connectivity index (χ0v) is 20.4. The van der Waals surface area contributed by atoms with Crippen LogP contribution in [0.2, 0.25) is 0 Å². The van der Waals surface area contributed by atoms with Gasteiger partial charge in [-0.2, -0.15) is 0 Å². The van der Waals surface area contributed by atoms with E-state index in [9.17, 15) is 14.4 Å². The lowest BCUT2D eigenvalue weighted by Gasteiger charge is -2.53. The Labute approximate surface area is 198 Å². The standard InChI is InChI=1S/C28H40O5/c1-3-17-15-24-23-10-8-19-14-20(29)9-11-21(19)22(23)12-13-28(24,2)26(17)33-25(30)16-32-27(31)18-6-4-5-7-18/h14,17-18,21-24,26H,3-13,15-16H2,1-2H3/t17-,21-,22+,23+,24-,26-,28-/m0/s1. The molecule has 5 heteroatoms. The third-order valence-corrected chi connectivity index (χ3v) is 10.2. The number of carbonyl (C=O) groups excluding carboxylic acids is 3. The highest BCUT2D eigenvalue weighted by Crippen LogP contribution is 2.64. The average molecular weight is 457 g/mol. The molecular weight excluding hydrogens is 416 g/mol. The fourth-order valence-electron chi connectivity index (χ4n) is 8.51. The van der Waals surface area contributed by atoms with Crippen molar-refractivity contribution in [1.82, 2.24) is 0 Å². The van der Waals surface area contributed by atoms with Crippen molar-refractivity contribution in [2.45, 2.75) is 97.0 Å². The van der Waals surface area contributed by atoms with Gasteiger partial charge in [0.1, 0.15) is 6.10 Å². The van der Waals surface area contributed by atoms with E-state index in [1.54, 1.807) is 0 Å². The van der Waals surface area contributed by atoms with Gasteiger partial charge in [-0.15, -0.1) is 0 Å². The first kappa shape index (κ1) is 23.1. The Balaban J connectivity index is 1.25. The summed E-state index contributed by atoms with van der Waals surface area (Å²) in [6.07, 6.45) is 14.1. The van der Waals surface area contributed by atoms with Gasteiger partial charge in [0.2, 0.25) is 0 Å². The molecule has 5 aliphatic carbocycles. The molecule has 4 saturated carbocycles. The van der Waals surface area contributed by atoms with Crippen molar-refractivity contribution in [2.24, 2.45) is 40.9 Å². The Morgan fingerprint density at radius 3 is 2.61 bits per heavy atom. The van der Waals surface area contributed by atoms with Crippen LogP contribution >= 0.6 is 0 Å². The zero-order valence-electron chi connectivity index (χ0n) is 20.4. The van der Waals surface area contributed by atoms with E-state index in [4.69, 9.17) is 9.47 Å². The number of hydrogen-bond acceptors (Lipinski definition) is 5. The summed E-state index contributed by atoms with van der Waals surface area (Å²) < 4.78 is 11.5. The number of hydrogen-bond donors (Lipinski definition) is 0. The van der Waals surface area contributed by atoms with Crippen LogP contribution in [0.1, 0.15) is 90.9 Å². The summed E-state index contributed by atoms with van der Waals surface area (Å²) in [6, 6.07) is 0. The third kappa shape index (κ3) is 4.18. The van der Waals surface area contributed by atoms with Crippen LogP contribution in [-0.2, 0) is 23.9 Å². The molecule has 0 aromatic heterocycles. The molecule has 0 unspecified atom stereocenters. The second-order valence-corrected chi connectivity index (χ2v) is 11.8. The average Bonchev–Trinajstić information content (AvgIpc) is 3.44. The molecule has 5 aliphatic rings. The number of esters is 2. The summed E-state index contributed by atoms with van der Waals surface area (Å²) >= 11 is 0. The maximum absolute atomic E-state index is 12.8. The molecule has 5 nitrogen and oxygen atoms in total. The second kappa shape index (κ2) is 9.19. The van der Waals surface area contributed by atoms with Gasteiger partial charge >= 0.3 is 11.9 Å². The quantitative estimate of drug-likeness (QED) is 0.518. The Morgan fingerprint density at radius 1 is 1.06 bits per heavy atom. The molecule has 0 heterocycles. The van der Waals surface area contributed by atoms with Crippen LogP contribution in [0.3, 0.4) is 0 Å². The zero-order chi connectivity index (χ0) is 23.2. The van der Waals surface area contributed by atoms with Crippen LogP contribution in [0.5, 0.6) is 0 Å². The van der Waals surface area contributed by atoms with Crippen molar-refractivity contribution in [1.29, 1.82) is 0 Å². The number of carbonyl (C=O) groups is 3. The normalized spacial score (nSPS) is 40.4. The minimum absolute atomic E-state index is 0.00132. The van der Waals surface area contributed by atoms with Gasteiger partial charge in [-0.25, -0.2) is 4.79 Å². The summed E-state index contributed by atoms with van der Waals surface area (Å²) in [6.45, 7) is 4.30. The smallest absolute Gasteiger partial charge is 0.344 e. The summed E-state index contributed by atoms with van der Waals surface area (Å²) in [5.41, 5.74) is 1.41. The topological polar surface area (TPSA) is 69.7 Å². The van der Waals surface area contributed by atoms with Crippen LogP contribution in [0.15, 0.2) is 11.6 Å². The second-order valence-electron chi connectivity index (χ2n) is 11.8. The highest BCUT2D eigenvalue weighted by atomic mass is 16.6. The van der Waals surface area contributed by atoms with Gasteiger partial charge in [-0.3, -0.25) is 9.59 Å². The van der Waals surface area contributed by atoms with Crippen LogP contribution in [0.25, 0.3) is 0 Å². The molecule has 0 spiro atoms. The largest absolute Gasteiger partial charge is 0.459 e. The van der Waals surface area contributed by atoms with Crippen LogP contribution in [0.4, 0.5) is 0 Å². The fraction of sp³-hybridized carbons (Fsp3) is 0.821. The van der Waals surface area contributed by atoms with Gasteiger partial charge in [0.05, 0.1) is 5.92 Å². The molecule has 0 aliphatic heterocycles. The maximum atomic E-state index is 12.8. The molecule has 0 amide bonds. The van der Waals surface area contributed by atoms with Crippen molar-refractivity contribution in [2.75, 3.05) is 6.61 Å². The van der Waals surface area contributed by atoms with Crippen LogP contribution in [-0.4, -0.2) is 30.4 Å². The van der Waals surface area contributed by atoms with E-state index in [0.29, 0.717) is 41.8 Å². The van der Waals surface area contributed by atoms with Crippen LogP contribution < -0.4 is 0 Å². The monoisotopic (exact) mass is 456 g/mol. The van der Waals surface area contributed by atoms with E-state index in [-0.39, 0.29) is 36.0 Å². The molecule has 0 aromatic carbocycles. The van der Waals surface area contributed by atoms with E-state index >= 15 is 0 Å². The highest BCUT2D eigenvalue weighted by molar-refractivity contribution is 5.91. The Hall–Kier alpha value is -1.65. The number of allylic oxidation sites excluding steroid dienone is 1. The Morgan fingerprint density at radius 2 is 1.85 bits per heavy atom. The van der Waals surface area contributed by atoms with Crippen molar-refractivity contribution in [3.63, 3.8) is 0 Å². The predicted molar refractivity (Wildman–Crippen MR) is 124 cm³/mol. The lowest BCUT2D eigenvalue weighted by molar-refractivity contribution is -0.172. The summed E-state index contributed by atoms with van der Waals surface area (Å²) in [5, 5.41) is 0. The third-order valence-electron chi connectivity index (χ3n) is 10.2. The van der Waals surface area contributed by atoms with Gasteiger partial charge < -0.3 is 9.47 Å². The van der Waals surface area contributed by atoms with Crippen LogP contribution in [0, 0.1) is 40.9 Å². The first-order valence-electron chi connectivity index (χ1n) is 13.5. The molecule has 0 aromatic rings. The van der Waals surface area contributed by atoms with Gasteiger partial charge in [0, 0.05) is 11.8 Å². The number of ketones is 1. The van der Waals surface area contributed by atoms with Gasteiger partial charge in [0.25, 0.3) is 0 Å². The van der Waals surface area contributed by atoms with Gasteiger partial charge in [-0.1, -0.05) is 32.3 Å². The van der Waals surface area contributed by atoms with E-state index in [1.165, 1.54) is 5.57 Å². The predicted octanol–water partition coefficient (Wildman–Crippen LogP) is 5.41. The van der Waals surface area contributed by atoms with E-state index < -0.39 is 0 Å². The van der Waals surface area contributed by atoms with Gasteiger partial charge in [-0.05, 0) is 93.5 Å². The minimum atomic E-state index is -0.381. The maximum Gasteiger partial charge on any atom is 0.344 e. The minimum Gasteiger partial charge on any atom is -0.459 e. The number of fused-ring (bicyclic) bond motifs is 5. The molecule has 0 bridgehead atoms. The first-order valence-corrected chi connectivity index (χ1v) is 13.5. The summed E-state index contributed by atoms with van der Waals surface area (Å²) in [4.78, 5) is 36.9. The van der Waals surface area contributed by atoms with Crippen molar-refractivity contribution in [3.8, 4) is 0 Å². The Bertz CT molecular complexity index is 824. The molecular formula is C28H40O5. The van der Waals surface area contributed by atoms with Crippen molar-refractivity contribution >= 4 is 17.7 Å². The van der Waals surface area contributed by atoms with E-state index in [2.05, 4.69) is 13.8 Å². The molecule has 0 saturated heterocycles. The molecule has 0 radical (unpaired) electrons. The number of ether oxygens (including phenoxy) is 2. The molecule has 33 heavy (non-hydrogen) atoms. The van der Waals surface area contributed by atoms with E-state index in [0.717, 1.165) is 70.6 Å². The van der Waals surface area contributed by atoms with E-state index in [1.807, 2.05) is 6.08 Å². The lowest BCUT2D eigenvalue weighted by Crippen LogP contribution is -2.49. The lowest BCUT2D eigenvalue weighted by atomic mass is 9.52. The summed E-state index contributed by atoms with van der Waals surface area (Å²) in [5.74, 6) is 2.53. The van der Waals surface area contributed by atoms with Crippen molar-refractivity contribution in [3.05, 3.63) is 11.6 Å². The highest BCUT2D eigenvalue weighted by Gasteiger charge is 2.60. The first-order chi connectivity index (χ1) is 15.9. The molecule has 4 fully saturated rings.